The number of carbonyl (C=O) groups excluding carboxylic acids is 1. The lowest BCUT2D eigenvalue weighted by Gasteiger charge is -2.20. The van der Waals surface area contributed by atoms with E-state index in [4.69, 9.17) is 9.84 Å². The number of alkyl halides is 2. The Morgan fingerprint density at radius 2 is 1.91 bits per heavy atom. The van der Waals surface area contributed by atoms with Gasteiger partial charge in [0.1, 0.15) is 12.3 Å². The molecule has 0 unspecified atom stereocenters. The second-order valence-corrected chi connectivity index (χ2v) is 4.72. The van der Waals surface area contributed by atoms with Gasteiger partial charge in [0.15, 0.2) is 0 Å². The maximum Gasteiger partial charge on any atom is 0.387 e. The number of methoxy groups -OCH3 is 1. The van der Waals surface area contributed by atoms with Crippen molar-refractivity contribution in [3.63, 3.8) is 0 Å². The molecule has 0 atom stereocenters. The van der Waals surface area contributed by atoms with Gasteiger partial charge in [0.2, 0.25) is 5.91 Å². The van der Waals surface area contributed by atoms with Gasteiger partial charge in [0.05, 0.1) is 6.61 Å². The molecule has 23 heavy (non-hydrogen) atoms. The van der Waals surface area contributed by atoms with Crippen LogP contribution in [0.2, 0.25) is 0 Å². The van der Waals surface area contributed by atoms with Crippen LogP contribution in [0.4, 0.5) is 8.78 Å². The van der Waals surface area contributed by atoms with E-state index in [1.54, 1.807) is 12.1 Å². The number of carboxylic acids is 1. The van der Waals surface area contributed by atoms with Gasteiger partial charge in [-0.2, -0.15) is 8.78 Å². The summed E-state index contributed by atoms with van der Waals surface area (Å²) in [5, 5.41) is 8.81. The Labute approximate surface area is 132 Å². The van der Waals surface area contributed by atoms with E-state index in [2.05, 4.69) is 4.74 Å². The first kappa shape index (κ1) is 18.8. The Hall–Kier alpha value is -2.22. The summed E-state index contributed by atoms with van der Waals surface area (Å²) in [7, 11) is 1.46. The van der Waals surface area contributed by atoms with Gasteiger partial charge in [-0.25, -0.2) is 0 Å². The van der Waals surface area contributed by atoms with E-state index in [1.807, 2.05) is 0 Å². The molecule has 128 valence electrons. The summed E-state index contributed by atoms with van der Waals surface area (Å²) in [4.78, 5) is 24.0. The van der Waals surface area contributed by atoms with Crippen LogP contribution in [0.15, 0.2) is 24.3 Å². The number of carboxylic acid groups (broad SMARTS) is 1. The van der Waals surface area contributed by atoms with Crippen molar-refractivity contribution in [2.75, 3.05) is 26.8 Å². The molecule has 0 fully saturated rings. The van der Waals surface area contributed by atoms with Gasteiger partial charge in [-0.15, -0.1) is 0 Å². The van der Waals surface area contributed by atoms with E-state index < -0.39 is 12.6 Å². The van der Waals surface area contributed by atoms with Crippen LogP contribution in [-0.4, -0.2) is 55.3 Å². The van der Waals surface area contributed by atoms with Crippen molar-refractivity contribution in [2.45, 2.75) is 19.5 Å². The third kappa shape index (κ3) is 7.55. The van der Waals surface area contributed by atoms with E-state index in [1.165, 1.54) is 24.1 Å². The largest absolute Gasteiger partial charge is 0.480 e. The first-order chi connectivity index (χ1) is 10.9. The Balaban J connectivity index is 2.53. The topological polar surface area (TPSA) is 76.1 Å². The van der Waals surface area contributed by atoms with Crippen molar-refractivity contribution in [3.8, 4) is 5.75 Å². The quantitative estimate of drug-likeness (QED) is 0.707. The molecule has 1 rings (SSSR count). The number of benzene rings is 1. The van der Waals surface area contributed by atoms with E-state index in [9.17, 15) is 18.4 Å². The SMILES string of the molecule is COCCN(CC(=O)O)C(=O)CCc1ccc(OC(F)F)cc1. The zero-order chi connectivity index (χ0) is 17.2. The van der Waals surface area contributed by atoms with Crippen LogP contribution < -0.4 is 4.74 Å². The van der Waals surface area contributed by atoms with E-state index in [0.29, 0.717) is 6.42 Å². The molecule has 0 aliphatic carbocycles. The monoisotopic (exact) mass is 331 g/mol. The minimum atomic E-state index is -2.88. The fourth-order valence-corrected chi connectivity index (χ4v) is 1.90. The lowest BCUT2D eigenvalue weighted by atomic mass is 10.1. The van der Waals surface area contributed by atoms with E-state index in [-0.39, 0.29) is 37.8 Å². The van der Waals surface area contributed by atoms with Gasteiger partial charge >= 0.3 is 12.6 Å². The molecule has 1 amide bonds. The summed E-state index contributed by atoms with van der Waals surface area (Å²) in [6.45, 7) is -2.82. The number of aryl methyl sites for hydroxylation is 1. The highest BCUT2D eigenvalue weighted by Crippen LogP contribution is 2.16. The summed E-state index contributed by atoms with van der Waals surface area (Å²) in [5.41, 5.74) is 0.766. The van der Waals surface area contributed by atoms with Crippen LogP contribution in [0.1, 0.15) is 12.0 Å². The number of aliphatic carboxylic acids is 1. The van der Waals surface area contributed by atoms with Crippen molar-refractivity contribution in [2.24, 2.45) is 0 Å². The standard InChI is InChI=1S/C15H19F2NO5/c1-22-9-8-18(10-14(20)21)13(19)7-4-11-2-5-12(6-3-11)23-15(16)17/h2-3,5-6,15H,4,7-10H2,1H3,(H,20,21). The van der Waals surface area contributed by atoms with Gasteiger partial charge < -0.3 is 19.5 Å². The second kappa shape index (κ2) is 9.73. The third-order valence-electron chi connectivity index (χ3n) is 3.02. The molecule has 0 bridgehead atoms. The molecule has 1 N–H and O–H groups in total. The highest BCUT2D eigenvalue weighted by molar-refractivity contribution is 5.81. The average molecular weight is 331 g/mol. The molecule has 0 aliphatic heterocycles. The molecule has 0 aromatic heterocycles. The average Bonchev–Trinajstić information content (AvgIpc) is 2.49. The summed E-state index contributed by atoms with van der Waals surface area (Å²) in [6, 6.07) is 5.96. The smallest absolute Gasteiger partial charge is 0.387 e. The molecular weight excluding hydrogens is 312 g/mol. The number of hydrogen-bond donors (Lipinski definition) is 1. The summed E-state index contributed by atoms with van der Waals surface area (Å²) in [6.07, 6.45) is 0.489. The van der Waals surface area contributed by atoms with Crippen molar-refractivity contribution in [1.29, 1.82) is 0 Å². The molecule has 0 spiro atoms. The normalized spacial score (nSPS) is 10.6. The first-order valence-electron chi connectivity index (χ1n) is 6.94. The molecule has 0 radical (unpaired) electrons. The molecule has 0 saturated carbocycles. The zero-order valence-electron chi connectivity index (χ0n) is 12.7. The highest BCUT2D eigenvalue weighted by atomic mass is 19.3. The summed E-state index contributed by atoms with van der Waals surface area (Å²) < 4.78 is 33.2. The number of carbonyl (C=O) groups is 2. The number of halogens is 2. The maximum atomic E-state index is 12.1. The van der Waals surface area contributed by atoms with Crippen molar-refractivity contribution in [1.82, 2.24) is 4.90 Å². The number of ether oxygens (including phenoxy) is 2. The predicted octanol–water partition coefficient (Wildman–Crippen LogP) is 1.78. The van der Waals surface area contributed by atoms with Crippen molar-refractivity contribution >= 4 is 11.9 Å². The molecule has 6 nitrogen and oxygen atoms in total. The minimum Gasteiger partial charge on any atom is -0.480 e. The summed E-state index contributed by atoms with van der Waals surface area (Å²) in [5.74, 6) is -1.36. The fraction of sp³-hybridized carbons (Fsp3) is 0.467. The molecular formula is C15H19F2NO5. The Bertz CT molecular complexity index is 507. The third-order valence-corrected chi connectivity index (χ3v) is 3.02. The van der Waals surface area contributed by atoms with Crippen LogP contribution >= 0.6 is 0 Å². The number of nitrogens with zero attached hydrogens (tertiary/aromatic N) is 1. The molecule has 8 heteroatoms. The van der Waals surface area contributed by atoms with Crippen LogP contribution in [0, 0.1) is 0 Å². The molecule has 1 aromatic rings. The molecule has 1 aromatic carbocycles. The zero-order valence-corrected chi connectivity index (χ0v) is 12.7. The number of amides is 1. The van der Waals surface area contributed by atoms with Gasteiger partial charge in [-0.3, -0.25) is 9.59 Å². The van der Waals surface area contributed by atoms with Crippen LogP contribution in [0.3, 0.4) is 0 Å². The molecule has 0 heterocycles. The van der Waals surface area contributed by atoms with Crippen LogP contribution in [0.5, 0.6) is 5.75 Å². The Morgan fingerprint density at radius 3 is 2.43 bits per heavy atom. The number of rotatable bonds is 10. The van der Waals surface area contributed by atoms with Crippen LogP contribution in [-0.2, 0) is 20.7 Å². The van der Waals surface area contributed by atoms with Gasteiger partial charge in [0.25, 0.3) is 0 Å². The first-order valence-corrected chi connectivity index (χ1v) is 6.94. The van der Waals surface area contributed by atoms with Crippen molar-refractivity contribution < 1.29 is 33.0 Å². The van der Waals surface area contributed by atoms with E-state index in [0.717, 1.165) is 5.56 Å². The van der Waals surface area contributed by atoms with E-state index >= 15 is 0 Å². The fourth-order valence-electron chi connectivity index (χ4n) is 1.90. The predicted molar refractivity (Wildman–Crippen MR) is 77.5 cm³/mol. The minimum absolute atomic E-state index is 0.0441. The number of hydrogen-bond acceptors (Lipinski definition) is 4. The lowest BCUT2D eigenvalue weighted by Crippen LogP contribution is -2.38. The molecule has 0 aliphatic rings. The van der Waals surface area contributed by atoms with Crippen molar-refractivity contribution in [3.05, 3.63) is 29.8 Å². The maximum absolute atomic E-state index is 12.1. The second-order valence-electron chi connectivity index (χ2n) is 4.72. The van der Waals surface area contributed by atoms with Gasteiger partial charge in [-0.1, -0.05) is 12.1 Å². The highest BCUT2D eigenvalue weighted by Gasteiger charge is 2.16. The van der Waals surface area contributed by atoms with Crippen LogP contribution in [0.25, 0.3) is 0 Å². The van der Waals surface area contributed by atoms with Gasteiger partial charge in [-0.05, 0) is 24.1 Å². The summed E-state index contributed by atoms with van der Waals surface area (Å²) >= 11 is 0. The lowest BCUT2D eigenvalue weighted by molar-refractivity contribution is -0.144. The Morgan fingerprint density at radius 1 is 1.26 bits per heavy atom. The molecule has 0 saturated heterocycles. The van der Waals surface area contributed by atoms with Gasteiger partial charge in [0, 0.05) is 20.1 Å². The Kier molecular flexibility index (Phi) is 7.96.